The third-order valence-corrected chi connectivity index (χ3v) is 4.13. The molecular weight excluding hydrogens is 248 g/mol. The zero-order chi connectivity index (χ0) is 14.9. The van der Waals surface area contributed by atoms with E-state index in [9.17, 15) is 5.11 Å². The summed E-state index contributed by atoms with van der Waals surface area (Å²) in [6.07, 6.45) is -0.598. The fourth-order valence-corrected chi connectivity index (χ4v) is 2.61. The molecule has 2 nitrogen and oxygen atoms in total. The van der Waals surface area contributed by atoms with E-state index in [0.717, 1.165) is 28.0 Å². The average molecular weight is 270 g/mol. The Labute approximate surface area is 121 Å². The highest BCUT2D eigenvalue weighted by molar-refractivity contribution is 5.48. The van der Waals surface area contributed by atoms with Crippen molar-refractivity contribution in [3.63, 3.8) is 0 Å². The minimum absolute atomic E-state index is 0.598. The summed E-state index contributed by atoms with van der Waals surface area (Å²) in [7, 11) is 1.64. The van der Waals surface area contributed by atoms with Gasteiger partial charge in [-0.3, -0.25) is 0 Å². The number of hydrogen-bond acceptors (Lipinski definition) is 2. The molecule has 0 aliphatic rings. The minimum Gasteiger partial charge on any atom is -0.497 e. The van der Waals surface area contributed by atoms with E-state index in [1.165, 1.54) is 11.1 Å². The number of rotatable bonds is 3. The Balaban J connectivity index is 2.49. The van der Waals surface area contributed by atoms with Gasteiger partial charge >= 0.3 is 0 Å². The smallest absolute Gasteiger partial charge is 0.118 e. The molecule has 0 radical (unpaired) electrons. The van der Waals surface area contributed by atoms with Crippen molar-refractivity contribution in [3.8, 4) is 5.75 Å². The predicted molar refractivity (Wildman–Crippen MR) is 82.4 cm³/mol. The van der Waals surface area contributed by atoms with Crippen molar-refractivity contribution in [1.29, 1.82) is 0 Å². The van der Waals surface area contributed by atoms with Gasteiger partial charge < -0.3 is 9.84 Å². The molecule has 1 unspecified atom stereocenters. The average Bonchev–Trinajstić information content (AvgIpc) is 2.45. The van der Waals surface area contributed by atoms with Gasteiger partial charge in [0.1, 0.15) is 11.9 Å². The third kappa shape index (κ3) is 2.56. The number of aryl methyl sites for hydroxylation is 2. The molecule has 0 heterocycles. The van der Waals surface area contributed by atoms with Gasteiger partial charge in [0.05, 0.1) is 7.11 Å². The molecule has 2 aromatic rings. The molecule has 1 N–H and O–H groups in total. The van der Waals surface area contributed by atoms with Crippen LogP contribution in [0.1, 0.15) is 39.5 Å². The summed E-state index contributed by atoms with van der Waals surface area (Å²) in [6, 6.07) is 9.77. The second-order valence-corrected chi connectivity index (χ2v) is 5.35. The van der Waals surface area contributed by atoms with Crippen LogP contribution >= 0.6 is 0 Å². The number of ether oxygens (including phenoxy) is 1. The lowest BCUT2D eigenvalue weighted by Crippen LogP contribution is -2.07. The number of hydrogen-bond donors (Lipinski definition) is 1. The quantitative estimate of drug-likeness (QED) is 0.913. The van der Waals surface area contributed by atoms with Crippen molar-refractivity contribution in [2.45, 2.75) is 33.8 Å². The van der Waals surface area contributed by atoms with Crippen molar-refractivity contribution < 1.29 is 9.84 Å². The van der Waals surface area contributed by atoms with E-state index >= 15 is 0 Å². The molecule has 0 bridgehead atoms. The molecule has 106 valence electrons. The Morgan fingerprint density at radius 3 is 1.85 bits per heavy atom. The second-order valence-electron chi connectivity index (χ2n) is 5.35. The summed E-state index contributed by atoms with van der Waals surface area (Å²) in [6.45, 7) is 8.33. The third-order valence-electron chi connectivity index (χ3n) is 4.13. The molecular formula is C18H22O2. The lowest BCUT2D eigenvalue weighted by molar-refractivity contribution is 0.218. The summed E-state index contributed by atoms with van der Waals surface area (Å²) in [5.74, 6) is 0.801. The largest absolute Gasteiger partial charge is 0.497 e. The molecule has 0 amide bonds. The molecule has 0 aromatic heterocycles. The number of aliphatic hydroxyl groups is 1. The van der Waals surface area contributed by atoms with Gasteiger partial charge in [-0.2, -0.15) is 0 Å². The Morgan fingerprint density at radius 2 is 1.40 bits per heavy atom. The van der Waals surface area contributed by atoms with Crippen LogP contribution < -0.4 is 4.74 Å². The van der Waals surface area contributed by atoms with Gasteiger partial charge in [0.25, 0.3) is 0 Å². The maximum Gasteiger partial charge on any atom is 0.118 e. The van der Waals surface area contributed by atoms with E-state index in [2.05, 4.69) is 33.8 Å². The molecule has 0 saturated carbocycles. The molecule has 2 rings (SSSR count). The fraction of sp³-hybridized carbons (Fsp3) is 0.333. The fourth-order valence-electron chi connectivity index (χ4n) is 2.61. The van der Waals surface area contributed by atoms with Crippen molar-refractivity contribution in [2.75, 3.05) is 7.11 Å². The van der Waals surface area contributed by atoms with E-state index in [-0.39, 0.29) is 0 Å². The number of methoxy groups -OCH3 is 1. The topological polar surface area (TPSA) is 29.5 Å². The van der Waals surface area contributed by atoms with Gasteiger partial charge in [-0.15, -0.1) is 0 Å². The van der Waals surface area contributed by atoms with Gasteiger partial charge in [0.2, 0.25) is 0 Å². The molecule has 2 heteroatoms. The van der Waals surface area contributed by atoms with Gasteiger partial charge in [-0.05, 0) is 73.2 Å². The monoisotopic (exact) mass is 270 g/mol. The lowest BCUT2D eigenvalue weighted by Gasteiger charge is -2.20. The minimum atomic E-state index is -0.598. The zero-order valence-corrected chi connectivity index (χ0v) is 12.8. The van der Waals surface area contributed by atoms with Crippen LogP contribution in [-0.4, -0.2) is 12.2 Å². The Hall–Kier alpha value is -1.80. The van der Waals surface area contributed by atoms with Crippen LogP contribution in [0.4, 0.5) is 0 Å². The number of benzene rings is 2. The van der Waals surface area contributed by atoms with Gasteiger partial charge in [-0.25, -0.2) is 0 Å². The highest BCUT2D eigenvalue weighted by Crippen LogP contribution is 2.32. The molecule has 20 heavy (non-hydrogen) atoms. The second kappa shape index (κ2) is 5.68. The Bertz CT molecular complexity index is 586. The van der Waals surface area contributed by atoms with Crippen molar-refractivity contribution in [3.05, 3.63) is 63.7 Å². The zero-order valence-electron chi connectivity index (χ0n) is 12.8. The first-order valence-corrected chi connectivity index (χ1v) is 6.85. The van der Waals surface area contributed by atoms with Crippen LogP contribution in [0.5, 0.6) is 5.75 Å². The summed E-state index contributed by atoms with van der Waals surface area (Å²) < 4.78 is 5.16. The molecule has 0 fully saturated rings. The van der Waals surface area contributed by atoms with Crippen LogP contribution in [0.25, 0.3) is 0 Å². The van der Waals surface area contributed by atoms with Crippen LogP contribution in [0.15, 0.2) is 30.3 Å². The predicted octanol–water partition coefficient (Wildman–Crippen LogP) is 4.01. The molecule has 0 aliphatic carbocycles. The van der Waals surface area contributed by atoms with Gasteiger partial charge in [0.15, 0.2) is 0 Å². The van der Waals surface area contributed by atoms with E-state index in [0.29, 0.717) is 0 Å². The normalized spacial score (nSPS) is 12.3. The Morgan fingerprint density at radius 1 is 0.900 bits per heavy atom. The first-order valence-electron chi connectivity index (χ1n) is 6.85. The highest BCUT2D eigenvalue weighted by Gasteiger charge is 2.18. The Kier molecular flexibility index (Phi) is 4.15. The highest BCUT2D eigenvalue weighted by atomic mass is 16.5. The van der Waals surface area contributed by atoms with Crippen molar-refractivity contribution >= 4 is 0 Å². The van der Waals surface area contributed by atoms with Crippen LogP contribution in [0.3, 0.4) is 0 Å². The molecule has 0 spiro atoms. The van der Waals surface area contributed by atoms with Crippen molar-refractivity contribution in [1.82, 2.24) is 0 Å². The van der Waals surface area contributed by atoms with Crippen molar-refractivity contribution in [2.24, 2.45) is 0 Å². The van der Waals surface area contributed by atoms with E-state index < -0.39 is 6.10 Å². The van der Waals surface area contributed by atoms with E-state index in [1.54, 1.807) is 7.11 Å². The molecule has 1 atom stereocenters. The maximum atomic E-state index is 10.7. The van der Waals surface area contributed by atoms with Crippen LogP contribution in [-0.2, 0) is 0 Å². The summed E-state index contributed by atoms with van der Waals surface area (Å²) in [5, 5.41) is 10.7. The number of aliphatic hydroxyl groups excluding tert-OH is 1. The standard InChI is InChI=1S/C18H22O2/c1-11-10-12(2)14(4)17(13(11)3)18(19)15-6-8-16(20-5)9-7-15/h6-10,18-19H,1-5H3. The molecule has 2 aromatic carbocycles. The van der Waals surface area contributed by atoms with Gasteiger partial charge in [0, 0.05) is 0 Å². The molecule has 0 saturated heterocycles. The summed E-state index contributed by atoms with van der Waals surface area (Å²) >= 11 is 0. The van der Waals surface area contributed by atoms with E-state index in [4.69, 9.17) is 4.74 Å². The lowest BCUT2D eigenvalue weighted by atomic mass is 9.88. The maximum absolute atomic E-state index is 10.7. The summed E-state index contributed by atoms with van der Waals surface area (Å²) in [4.78, 5) is 0. The first-order chi connectivity index (χ1) is 9.45. The summed E-state index contributed by atoms with van der Waals surface area (Å²) in [5.41, 5.74) is 6.67. The van der Waals surface area contributed by atoms with Crippen LogP contribution in [0, 0.1) is 27.7 Å². The SMILES string of the molecule is COc1ccc(C(O)c2c(C)c(C)cc(C)c2C)cc1. The first kappa shape index (κ1) is 14.6. The van der Waals surface area contributed by atoms with Gasteiger partial charge in [-0.1, -0.05) is 18.2 Å². The molecule has 0 aliphatic heterocycles. The van der Waals surface area contributed by atoms with E-state index in [1.807, 2.05) is 24.3 Å². The van der Waals surface area contributed by atoms with Crippen LogP contribution in [0.2, 0.25) is 0 Å².